The molecule has 0 aromatic carbocycles. The summed E-state index contributed by atoms with van der Waals surface area (Å²) in [7, 11) is 0. The van der Waals surface area contributed by atoms with Gasteiger partial charge in [0.15, 0.2) is 0 Å². The first-order valence-electron chi connectivity index (χ1n) is 4.66. The lowest BCUT2D eigenvalue weighted by Gasteiger charge is -2.33. The topological polar surface area (TPSA) is 12.0 Å². The molecule has 1 atom stereocenters. The number of piperidine rings is 1. The summed E-state index contributed by atoms with van der Waals surface area (Å²) in [6.07, 6.45) is 4.71. The van der Waals surface area contributed by atoms with E-state index in [9.17, 15) is 4.39 Å². The van der Waals surface area contributed by atoms with Crippen LogP contribution in [0.1, 0.15) is 32.1 Å². The lowest BCUT2D eigenvalue weighted by Crippen LogP contribution is -2.35. The second kappa shape index (κ2) is 2.74. The predicted octanol–water partition coefficient (Wildman–Crippen LogP) is 1.88. The molecule has 2 rings (SSSR count). The highest BCUT2D eigenvalue weighted by atomic mass is 19.1. The van der Waals surface area contributed by atoms with E-state index >= 15 is 0 Å². The molecule has 0 aromatic rings. The largest absolute Gasteiger partial charge is 0.317 e. The third-order valence-electron chi connectivity index (χ3n) is 3.31. The van der Waals surface area contributed by atoms with Crippen LogP contribution in [0.2, 0.25) is 0 Å². The molecular weight excluding hydrogens is 141 g/mol. The summed E-state index contributed by atoms with van der Waals surface area (Å²) in [6.45, 7) is 2.21. The van der Waals surface area contributed by atoms with Gasteiger partial charge < -0.3 is 5.32 Å². The van der Waals surface area contributed by atoms with E-state index in [4.69, 9.17) is 0 Å². The van der Waals surface area contributed by atoms with E-state index in [2.05, 4.69) is 5.32 Å². The SMILES string of the molecule is F[C@@H]1CCC2(CCNCC2)C1. The minimum Gasteiger partial charge on any atom is -0.317 e. The van der Waals surface area contributed by atoms with E-state index in [0.717, 1.165) is 32.4 Å². The fourth-order valence-corrected chi connectivity index (χ4v) is 2.55. The third kappa shape index (κ3) is 1.41. The summed E-state index contributed by atoms with van der Waals surface area (Å²) in [6, 6.07) is 0. The van der Waals surface area contributed by atoms with Gasteiger partial charge in [-0.2, -0.15) is 0 Å². The van der Waals surface area contributed by atoms with Gasteiger partial charge in [0.25, 0.3) is 0 Å². The molecule has 0 radical (unpaired) electrons. The molecular formula is C9H16FN. The lowest BCUT2D eigenvalue weighted by atomic mass is 9.78. The molecule has 1 N–H and O–H groups in total. The van der Waals surface area contributed by atoms with Crippen molar-refractivity contribution < 1.29 is 4.39 Å². The number of rotatable bonds is 0. The molecule has 0 unspecified atom stereocenters. The van der Waals surface area contributed by atoms with Gasteiger partial charge in [0, 0.05) is 0 Å². The highest BCUT2D eigenvalue weighted by molar-refractivity contribution is 4.92. The molecule has 1 spiro atoms. The molecule has 2 fully saturated rings. The van der Waals surface area contributed by atoms with E-state index < -0.39 is 6.17 Å². The van der Waals surface area contributed by atoms with Crippen molar-refractivity contribution >= 4 is 0 Å². The van der Waals surface area contributed by atoms with Crippen LogP contribution in [0.4, 0.5) is 4.39 Å². The molecule has 0 amide bonds. The fraction of sp³-hybridized carbons (Fsp3) is 1.00. The first-order chi connectivity index (χ1) is 5.31. The summed E-state index contributed by atoms with van der Waals surface area (Å²) >= 11 is 0. The second-order valence-electron chi connectivity index (χ2n) is 4.09. The van der Waals surface area contributed by atoms with E-state index in [-0.39, 0.29) is 0 Å². The van der Waals surface area contributed by atoms with Crippen molar-refractivity contribution in [2.24, 2.45) is 5.41 Å². The molecule has 1 saturated heterocycles. The van der Waals surface area contributed by atoms with Crippen molar-refractivity contribution in [3.05, 3.63) is 0 Å². The van der Waals surface area contributed by atoms with Crippen LogP contribution in [0.5, 0.6) is 0 Å². The van der Waals surface area contributed by atoms with E-state index in [1.54, 1.807) is 0 Å². The monoisotopic (exact) mass is 157 g/mol. The Morgan fingerprint density at radius 3 is 2.45 bits per heavy atom. The second-order valence-corrected chi connectivity index (χ2v) is 4.09. The molecule has 64 valence electrons. The molecule has 1 saturated carbocycles. The van der Waals surface area contributed by atoms with Gasteiger partial charge in [-0.25, -0.2) is 4.39 Å². The van der Waals surface area contributed by atoms with Gasteiger partial charge in [0.05, 0.1) is 0 Å². The van der Waals surface area contributed by atoms with Crippen molar-refractivity contribution in [3.8, 4) is 0 Å². The molecule has 1 nitrogen and oxygen atoms in total. The zero-order valence-electron chi connectivity index (χ0n) is 6.91. The molecule has 1 aliphatic carbocycles. The predicted molar refractivity (Wildman–Crippen MR) is 43.3 cm³/mol. The van der Waals surface area contributed by atoms with Crippen molar-refractivity contribution in [1.82, 2.24) is 5.32 Å². The Hall–Kier alpha value is -0.110. The normalized spacial score (nSPS) is 36.3. The van der Waals surface area contributed by atoms with Gasteiger partial charge in [0.2, 0.25) is 0 Å². The average molecular weight is 157 g/mol. The number of halogens is 1. The van der Waals surface area contributed by atoms with Crippen LogP contribution in [0.3, 0.4) is 0 Å². The summed E-state index contributed by atoms with van der Waals surface area (Å²) in [5, 5.41) is 3.33. The van der Waals surface area contributed by atoms with E-state index in [1.807, 2.05) is 0 Å². The molecule has 1 aliphatic heterocycles. The number of hydrogen-bond acceptors (Lipinski definition) is 1. The number of hydrogen-bond donors (Lipinski definition) is 1. The Morgan fingerprint density at radius 1 is 1.18 bits per heavy atom. The van der Waals surface area contributed by atoms with Crippen LogP contribution in [0, 0.1) is 5.41 Å². The molecule has 0 aromatic heterocycles. The van der Waals surface area contributed by atoms with Crippen LogP contribution in [-0.2, 0) is 0 Å². The van der Waals surface area contributed by atoms with Crippen molar-refractivity contribution in [1.29, 1.82) is 0 Å². The van der Waals surface area contributed by atoms with Gasteiger partial charge in [-0.3, -0.25) is 0 Å². The molecule has 2 aliphatic rings. The van der Waals surface area contributed by atoms with Gasteiger partial charge in [-0.05, 0) is 50.6 Å². The van der Waals surface area contributed by atoms with Crippen LogP contribution >= 0.6 is 0 Å². The molecule has 0 bridgehead atoms. The summed E-state index contributed by atoms with van der Waals surface area (Å²) in [4.78, 5) is 0. The zero-order chi connectivity index (χ0) is 7.73. The van der Waals surface area contributed by atoms with E-state index in [1.165, 1.54) is 12.8 Å². The lowest BCUT2D eigenvalue weighted by molar-refractivity contribution is 0.191. The van der Waals surface area contributed by atoms with Crippen LogP contribution < -0.4 is 5.32 Å². The Balaban J connectivity index is 1.98. The Kier molecular flexibility index (Phi) is 1.88. The zero-order valence-corrected chi connectivity index (χ0v) is 6.91. The smallest absolute Gasteiger partial charge is 0.101 e. The molecule has 11 heavy (non-hydrogen) atoms. The maximum atomic E-state index is 12.9. The van der Waals surface area contributed by atoms with Gasteiger partial charge in [-0.1, -0.05) is 0 Å². The first kappa shape index (κ1) is 7.53. The fourth-order valence-electron chi connectivity index (χ4n) is 2.55. The van der Waals surface area contributed by atoms with Gasteiger partial charge >= 0.3 is 0 Å². The summed E-state index contributed by atoms with van der Waals surface area (Å²) < 4.78 is 12.9. The minimum atomic E-state index is -0.493. The Morgan fingerprint density at radius 2 is 1.91 bits per heavy atom. The van der Waals surface area contributed by atoms with Crippen LogP contribution in [0.25, 0.3) is 0 Å². The summed E-state index contributed by atoms with van der Waals surface area (Å²) in [5.74, 6) is 0. The van der Waals surface area contributed by atoms with Crippen molar-refractivity contribution in [3.63, 3.8) is 0 Å². The maximum absolute atomic E-state index is 12.9. The first-order valence-corrected chi connectivity index (χ1v) is 4.66. The Bertz CT molecular complexity index is 135. The minimum absolute atomic E-state index is 0.407. The quantitative estimate of drug-likeness (QED) is 0.566. The maximum Gasteiger partial charge on any atom is 0.101 e. The number of alkyl halides is 1. The molecule has 1 heterocycles. The average Bonchev–Trinajstić information content (AvgIpc) is 2.34. The summed E-state index contributed by atoms with van der Waals surface area (Å²) in [5.41, 5.74) is 0.407. The van der Waals surface area contributed by atoms with Gasteiger partial charge in [-0.15, -0.1) is 0 Å². The number of nitrogens with one attached hydrogen (secondary N) is 1. The Labute approximate surface area is 67.4 Å². The van der Waals surface area contributed by atoms with Gasteiger partial charge in [0.1, 0.15) is 6.17 Å². The van der Waals surface area contributed by atoms with Crippen LogP contribution in [0.15, 0.2) is 0 Å². The van der Waals surface area contributed by atoms with E-state index in [0.29, 0.717) is 5.41 Å². The third-order valence-corrected chi connectivity index (χ3v) is 3.31. The highest BCUT2D eigenvalue weighted by Crippen LogP contribution is 2.45. The van der Waals surface area contributed by atoms with Crippen LogP contribution in [-0.4, -0.2) is 19.3 Å². The molecule has 2 heteroatoms. The highest BCUT2D eigenvalue weighted by Gasteiger charge is 2.39. The van der Waals surface area contributed by atoms with Crippen molar-refractivity contribution in [2.45, 2.75) is 38.3 Å². The standard InChI is InChI=1S/C9H16FN/c10-8-1-2-9(7-8)3-5-11-6-4-9/h8,11H,1-7H2/t8-/m1/s1. The van der Waals surface area contributed by atoms with Crippen molar-refractivity contribution in [2.75, 3.05) is 13.1 Å².